The lowest BCUT2D eigenvalue weighted by molar-refractivity contribution is 0.396. The number of hydrogen-bond donors (Lipinski definition) is 1. The van der Waals surface area contributed by atoms with Crippen molar-refractivity contribution in [1.29, 1.82) is 0 Å². The summed E-state index contributed by atoms with van der Waals surface area (Å²) in [5.41, 5.74) is 2.17. The number of halogens is 1. The standard InChI is InChI=1S/C15H18FN3/c16-13-5-3-4-12(8-13)10-19-11-17-9-15(19)14-6-1-2-7-18-14/h3-5,8-9,11,14,18H,1-2,6-7,10H2. The van der Waals surface area contributed by atoms with Crippen LogP contribution in [0.5, 0.6) is 0 Å². The Kier molecular flexibility index (Phi) is 3.60. The number of imidazole rings is 1. The minimum absolute atomic E-state index is 0.185. The van der Waals surface area contributed by atoms with Crippen LogP contribution in [-0.2, 0) is 6.54 Å². The first-order valence-electron chi connectivity index (χ1n) is 6.81. The second-order valence-electron chi connectivity index (χ2n) is 5.08. The van der Waals surface area contributed by atoms with Crippen LogP contribution in [0.15, 0.2) is 36.8 Å². The van der Waals surface area contributed by atoms with E-state index in [2.05, 4.69) is 14.9 Å². The first-order chi connectivity index (χ1) is 9.33. The number of nitrogens with one attached hydrogen (secondary N) is 1. The molecule has 0 bridgehead atoms. The third-order valence-electron chi connectivity index (χ3n) is 3.65. The van der Waals surface area contributed by atoms with Crippen molar-refractivity contribution in [2.24, 2.45) is 0 Å². The van der Waals surface area contributed by atoms with Crippen molar-refractivity contribution in [1.82, 2.24) is 14.9 Å². The molecule has 0 amide bonds. The zero-order chi connectivity index (χ0) is 13.1. The highest BCUT2D eigenvalue weighted by Crippen LogP contribution is 2.23. The topological polar surface area (TPSA) is 29.9 Å². The van der Waals surface area contributed by atoms with Crippen molar-refractivity contribution in [3.8, 4) is 0 Å². The summed E-state index contributed by atoms with van der Waals surface area (Å²) >= 11 is 0. The second kappa shape index (κ2) is 5.53. The Balaban J connectivity index is 1.80. The Bertz CT molecular complexity index is 544. The van der Waals surface area contributed by atoms with Gasteiger partial charge in [-0.15, -0.1) is 0 Å². The summed E-state index contributed by atoms with van der Waals surface area (Å²) in [6.07, 6.45) is 7.39. The Morgan fingerprint density at radius 1 is 1.37 bits per heavy atom. The van der Waals surface area contributed by atoms with Gasteiger partial charge in [0.2, 0.25) is 0 Å². The molecule has 19 heavy (non-hydrogen) atoms. The number of piperidine rings is 1. The molecular formula is C15H18FN3. The average molecular weight is 259 g/mol. The summed E-state index contributed by atoms with van der Waals surface area (Å²) in [7, 11) is 0. The van der Waals surface area contributed by atoms with Gasteiger partial charge in [-0.1, -0.05) is 18.6 Å². The van der Waals surface area contributed by atoms with E-state index in [1.165, 1.54) is 24.6 Å². The molecule has 100 valence electrons. The predicted octanol–water partition coefficient (Wildman–Crippen LogP) is 2.89. The Labute approximate surface area is 112 Å². The van der Waals surface area contributed by atoms with Crippen LogP contribution in [0.3, 0.4) is 0 Å². The second-order valence-corrected chi connectivity index (χ2v) is 5.08. The van der Waals surface area contributed by atoms with Crippen molar-refractivity contribution in [2.45, 2.75) is 31.8 Å². The van der Waals surface area contributed by atoms with Crippen LogP contribution < -0.4 is 5.32 Å². The maximum absolute atomic E-state index is 13.2. The Hall–Kier alpha value is -1.68. The lowest BCUT2D eigenvalue weighted by Crippen LogP contribution is -2.28. The number of benzene rings is 1. The minimum Gasteiger partial charge on any atom is -0.329 e. The monoisotopic (exact) mass is 259 g/mol. The Morgan fingerprint density at radius 2 is 2.32 bits per heavy atom. The number of nitrogens with zero attached hydrogens (tertiary/aromatic N) is 2. The third kappa shape index (κ3) is 2.84. The van der Waals surface area contributed by atoms with E-state index in [1.54, 1.807) is 12.1 Å². The molecule has 0 spiro atoms. The molecule has 0 radical (unpaired) electrons. The van der Waals surface area contributed by atoms with E-state index in [9.17, 15) is 4.39 Å². The van der Waals surface area contributed by atoms with Gasteiger partial charge in [0.05, 0.1) is 12.0 Å². The van der Waals surface area contributed by atoms with Gasteiger partial charge in [-0.3, -0.25) is 0 Å². The molecule has 1 aliphatic rings. The summed E-state index contributed by atoms with van der Waals surface area (Å²) < 4.78 is 15.3. The molecule has 2 aromatic rings. The molecule has 1 aliphatic heterocycles. The first-order valence-corrected chi connectivity index (χ1v) is 6.81. The van der Waals surface area contributed by atoms with Gasteiger partial charge in [-0.05, 0) is 37.1 Å². The number of aromatic nitrogens is 2. The molecular weight excluding hydrogens is 241 g/mol. The van der Waals surface area contributed by atoms with Crippen LogP contribution >= 0.6 is 0 Å². The van der Waals surface area contributed by atoms with Crippen LogP contribution in [0.4, 0.5) is 4.39 Å². The van der Waals surface area contributed by atoms with Crippen molar-refractivity contribution in [2.75, 3.05) is 6.54 Å². The van der Waals surface area contributed by atoms with Gasteiger partial charge in [-0.2, -0.15) is 0 Å². The van der Waals surface area contributed by atoms with E-state index in [1.807, 2.05) is 18.6 Å². The molecule has 1 saturated heterocycles. The van der Waals surface area contributed by atoms with Crippen LogP contribution in [0.2, 0.25) is 0 Å². The van der Waals surface area contributed by atoms with Crippen LogP contribution in [0, 0.1) is 5.82 Å². The molecule has 1 fully saturated rings. The van der Waals surface area contributed by atoms with E-state index >= 15 is 0 Å². The first kappa shape index (κ1) is 12.4. The highest BCUT2D eigenvalue weighted by atomic mass is 19.1. The largest absolute Gasteiger partial charge is 0.329 e. The lowest BCUT2D eigenvalue weighted by Gasteiger charge is -2.24. The fraction of sp³-hybridized carbons (Fsp3) is 0.400. The van der Waals surface area contributed by atoms with E-state index in [0.29, 0.717) is 12.6 Å². The third-order valence-corrected chi connectivity index (χ3v) is 3.65. The van der Waals surface area contributed by atoms with Crippen molar-refractivity contribution >= 4 is 0 Å². The van der Waals surface area contributed by atoms with Crippen molar-refractivity contribution in [3.63, 3.8) is 0 Å². The van der Waals surface area contributed by atoms with Gasteiger partial charge in [-0.25, -0.2) is 9.37 Å². The quantitative estimate of drug-likeness (QED) is 0.918. The van der Waals surface area contributed by atoms with Gasteiger partial charge >= 0.3 is 0 Å². The molecule has 1 N–H and O–H groups in total. The minimum atomic E-state index is -0.185. The maximum Gasteiger partial charge on any atom is 0.123 e. The van der Waals surface area contributed by atoms with Gasteiger partial charge in [0.15, 0.2) is 0 Å². The zero-order valence-electron chi connectivity index (χ0n) is 10.8. The molecule has 0 saturated carbocycles. The highest BCUT2D eigenvalue weighted by Gasteiger charge is 2.18. The molecule has 1 aromatic carbocycles. The fourth-order valence-electron chi connectivity index (χ4n) is 2.69. The summed E-state index contributed by atoms with van der Waals surface area (Å²) in [6, 6.07) is 7.13. The molecule has 1 atom stereocenters. The fourth-order valence-corrected chi connectivity index (χ4v) is 2.69. The smallest absolute Gasteiger partial charge is 0.123 e. The summed E-state index contributed by atoms with van der Waals surface area (Å²) in [4.78, 5) is 4.25. The SMILES string of the molecule is Fc1cccc(Cn2cncc2C2CCCCN2)c1. The molecule has 4 heteroatoms. The number of hydrogen-bond acceptors (Lipinski definition) is 2. The Morgan fingerprint density at radius 3 is 3.11 bits per heavy atom. The van der Waals surface area contributed by atoms with E-state index in [4.69, 9.17) is 0 Å². The van der Waals surface area contributed by atoms with Crippen molar-refractivity contribution < 1.29 is 4.39 Å². The molecule has 3 rings (SSSR count). The van der Waals surface area contributed by atoms with Crippen LogP contribution in [0.1, 0.15) is 36.6 Å². The van der Waals surface area contributed by atoms with Crippen LogP contribution in [-0.4, -0.2) is 16.1 Å². The summed E-state index contributed by atoms with van der Waals surface area (Å²) in [6.45, 7) is 1.74. The zero-order valence-corrected chi connectivity index (χ0v) is 10.8. The molecule has 2 heterocycles. The summed E-state index contributed by atoms with van der Waals surface area (Å²) in [5, 5.41) is 3.52. The van der Waals surface area contributed by atoms with E-state index < -0.39 is 0 Å². The van der Waals surface area contributed by atoms with Gasteiger partial charge in [0.1, 0.15) is 5.82 Å². The van der Waals surface area contributed by atoms with Gasteiger partial charge < -0.3 is 9.88 Å². The van der Waals surface area contributed by atoms with E-state index in [-0.39, 0.29) is 5.82 Å². The van der Waals surface area contributed by atoms with Crippen molar-refractivity contribution in [3.05, 3.63) is 53.9 Å². The average Bonchev–Trinajstić information content (AvgIpc) is 2.88. The number of rotatable bonds is 3. The highest BCUT2D eigenvalue weighted by molar-refractivity contribution is 5.18. The van der Waals surface area contributed by atoms with Crippen LogP contribution in [0.25, 0.3) is 0 Å². The molecule has 1 unspecified atom stereocenters. The lowest BCUT2D eigenvalue weighted by atomic mass is 10.0. The molecule has 0 aliphatic carbocycles. The summed E-state index contributed by atoms with van der Waals surface area (Å²) in [5.74, 6) is -0.185. The maximum atomic E-state index is 13.2. The van der Waals surface area contributed by atoms with Gasteiger partial charge in [0, 0.05) is 18.8 Å². The molecule has 3 nitrogen and oxygen atoms in total. The van der Waals surface area contributed by atoms with E-state index in [0.717, 1.165) is 18.5 Å². The predicted molar refractivity (Wildman–Crippen MR) is 72.3 cm³/mol. The molecule has 1 aromatic heterocycles. The normalized spacial score (nSPS) is 19.5. The van der Waals surface area contributed by atoms with Gasteiger partial charge in [0.25, 0.3) is 0 Å².